The molecule has 1 aromatic heterocycles. The number of aromatic nitrogens is 2. The maximum absolute atomic E-state index is 14.7. The number of hydrogen-bond acceptors (Lipinski definition) is 8. The third kappa shape index (κ3) is 4.85. The number of rotatable bonds is 5. The van der Waals surface area contributed by atoms with Gasteiger partial charge in [0.2, 0.25) is 0 Å². The van der Waals surface area contributed by atoms with Gasteiger partial charge in [0.1, 0.15) is 24.3 Å². The molecule has 2 aromatic rings. The van der Waals surface area contributed by atoms with E-state index >= 15 is 0 Å². The van der Waals surface area contributed by atoms with Gasteiger partial charge in [0.05, 0.1) is 35.4 Å². The molecule has 41 heavy (non-hydrogen) atoms. The van der Waals surface area contributed by atoms with Crippen molar-refractivity contribution in [1.82, 2.24) is 20.2 Å². The van der Waals surface area contributed by atoms with Crippen LogP contribution < -0.4 is 19.9 Å². The lowest BCUT2D eigenvalue weighted by molar-refractivity contribution is -0.137. The minimum atomic E-state index is -4.72. The van der Waals surface area contributed by atoms with Crippen molar-refractivity contribution in [1.29, 1.82) is 0 Å². The number of hydrogen-bond donors (Lipinski definition) is 2. The van der Waals surface area contributed by atoms with Crippen LogP contribution in [0.25, 0.3) is 0 Å². The van der Waals surface area contributed by atoms with Gasteiger partial charge in [-0.25, -0.2) is 4.39 Å². The minimum Gasteiger partial charge on any atom is -0.508 e. The van der Waals surface area contributed by atoms with Crippen molar-refractivity contribution < 1.29 is 28.8 Å². The third-order valence-corrected chi connectivity index (χ3v) is 9.71. The topological polar surface area (TPSA) is 77.0 Å². The number of benzene rings is 1. The number of nitrogens with one attached hydrogen (secondary N) is 1. The highest BCUT2D eigenvalue weighted by Gasteiger charge is 2.49. The van der Waals surface area contributed by atoms with Crippen molar-refractivity contribution in [2.45, 2.75) is 75.0 Å². The number of ether oxygens (including phenoxy) is 1. The maximum Gasteiger partial charge on any atom is 0.419 e. The molecule has 6 aliphatic rings. The number of fused-ring (bicyclic) bond motifs is 5. The summed E-state index contributed by atoms with van der Waals surface area (Å²) in [6.07, 6.45) is -2.63. The van der Waals surface area contributed by atoms with E-state index in [-0.39, 0.29) is 56.2 Å². The van der Waals surface area contributed by atoms with Crippen molar-refractivity contribution in [3.63, 3.8) is 0 Å². The molecule has 0 radical (unpaired) electrons. The molecule has 13 heteroatoms. The predicted molar refractivity (Wildman–Crippen MR) is 146 cm³/mol. The van der Waals surface area contributed by atoms with E-state index in [1.54, 1.807) is 0 Å². The van der Waals surface area contributed by atoms with E-state index in [0.29, 0.717) is 31.1 Å². The smallest absolute Gasteiger partial charge is 0.419 e. The lowest BCUT2D eigenvalue weighted by Crippen LogP contribution is -2.61. The largest absolute Gasteiger partial charge is 0.508 e. The highest BCUT2D eigenvalue weighted by molar-refractivity contribution is 6.32. The van der Waals surface area contributed by atoms with Crippen molar-refractivity contribution in [3.8, 4) is 11.8 Å². The van der Waals surface area contributed by atoms with E-state index in [4.69, 9.17) is 27.7 Å². The Balaban J connectivity index is 1.24. The molecule has 0 aliphatic carbocycles. The second-order valence-electron chi connectivity index (χ2n) is 12.0. The first-order valence-corrected chi connectivity index (χ1v) is 14.6. The van der Waals surface area contributed by atoms with Crippen LogP contribution in [0.15, 0.2) is 12.1 Å². The number of piperazine rings is 1. The molecule has 4 atom stereocenters. The number of nitrogens with zero attached hydrogens (tertiary/aromatic N) is 5. The number of alkyl halides is 4. The number of phenolic OH excluding ortho intramolecular Hbond substituents is 1. The van der Waals surface area contributed by atoms with Gasteiger partial charge in [-0.2, -0.15) is 23.1 Å². The number of anilines is 2. The summed E-state index contributed by atoms with van der Waals surface area (Å²) in [5.74, 6) is 0.386. The van der Waals surface area contributed by atoms with Crippen molar-refractivity contribution in [2.75, 3.05) is 49.1 Å². The van der Waals surface area contributed by atoms with Crippen molar-refractivity contribution in [2.24, 2.45) is 0 Å². The summed E-state index contributed by atoms with van der Waals surface area (Å²) < 4.78 is 71.1. The monoisotopic (exact) mass is 597 g/mol. The molecule has 8 rings (SSSR count). The molecule has 1 aromatic carbocycles. The van der Waals surface area contributed by atoms with Gasteiger partial charge in [-0.05, 0) is 44.7 Å². The van der Waals surface area contributed by atoms with E-state index in [9.17, 15) is 22.7 Å². The Kier molecular flexibility index (Phi) is 6.37. The Bertz CT molecular complexity index is 1390. The third-order valence-electron chi connectivity index (χ3n) is 9.42. The Morgan fingerprint density at radius 3 is 2.80 bits per heavy atom. The molecule has 222 valence electrons. The minimum absolute atomic E-state index is 0.0412. The average molecular weight is 598 g/mol. The first-order valence-electron chi connectivity index (χ1n) is 14.7. The maximum atomic E-state index is 14.7. The molecule has 0 spiro atoms. The fourth-order valence-corrected chi connectivity index (χ4v) is 7.76. The molecule has 7 heterocycles. The van der Waals surface area contributed by atoms with Crippen LogP contribution in [0, 0.1) is 0 Å². The molecule has 6 aliphatic heterocycles. The number of phenols is 1. The molecule has 0 amide bonds. The molecule has 0 saturated carbocycles. The van der Waals surface area contributed by atoms with E-state index in [1.165, 1.54) is 4.90 Å². The molecule has 8 nitrogen and oxygen atoms in total. The lowest BCUT2D eigenvalue weighted by atomic mass is 9.92. The summed E-state index contributed by atoms with van der Waals surface area (Å²) in [7, 11) is 0. The highest BCUT2D eigenvalue weighted by atomic mass is 35.5. The number of piperidine rings is 2. The zero-order valence-corrected chi connectivity index (χ0v) is 23.2. The van der Waals surface area contributed by atoms with E-state index in [1.807, 2.05) is 4.90 Å². The quantitative estimate of drug-likeness (QED) is 0.494. The molecular weight excluding hydrogens is 564 g/mol. The second kappa shape index (κ2) is 10.0. The number of halogens is 5. The Labute approximate surface area is 242 Å². The molecular formula is C28H33ClF4N6O2. The van der Waals surface area contributed by atoms with Gasteiger partial charge in [-0.3, -0.25) is 4.90 Å². The molecule has 5 saturated heterocycles. The fraction of sp³-hybridized carbons (Fsp3) is 0.643. The summed E-state index contributed by atoms with van der Waals surface area (Å²) >= 11 is 5.99. The summed E-state index contributed by atoms with van der Waals surface area (Å²) in [4.78, 5) is 15.4. The van der Waals surface area contributed by atoms with Crippen LogP contribution in [0.5, 0.6) is 11.8 Å². The Hall–Kier alpha value is -2.57. The average Bonchev–Trinajstić information content (AvgIpc) is 3.42. The van der Waals surface area contributed by atoms with E-state index in [0.717, 1.165) is 55.9 Å². The summed E-state index contributed by atoms with van der Waals surface area (Å²) in [6.45, 7) is 2.76. The van der Waals surface area contributed by atoms with Crippen LogP contribution in [0.3, 0.4) is 0 Å². The zero-order valence-electron chi connectivity index (χ0n) is 23.5. The van der Waals surface area contributed by atoms with Crippen LogP contribution >= 0.6 is 11.6 Å². The van der Waals surface area contributed by atoms with Crippen LogP contribution in [0.1, 0.15) is 50.3 Å². The van der Waals surface area contributed by atoms with Crippen LogP contribution in [0.4, 0.5) is 29.1 Å². The number of aromatic hydroxyl groups is 1. The van der Waals surface area contributed by atoms with Gasteiger partial charge < -0.3 is 25.0 Å². The molecule has 2 bridgehead atoms. The Morgan fingerprint density at radius 2 is 2.07 bits per heavy atom. The summed E-state index contributed by atoms with van der Waals surface area (Å²) in [5.41, 5.74) is -0.376. The highest BCUT2D eigenvalue weighted by Crippen LogP contribution is 2.45. The van der Waals surface area contributed by atoms with Gasteiger partial charge >= 0.3 is 12.2 Å². The van der Waals surface area contributed by atoms with Crippen molar-refractivity contribution >= 4 is 23.1 Å². The van der Waals surface area contributed by atoms with Gasteiger partial charge in [0.15, 0.2) is 0 Å². The molecule has 2 N–H and O–H groups in total. The van der Waals surface area contributed by atoms with E-state index < -0.39 is 28.4 Å². The summed E-state index contributed by atoms with van der Waals surface area (Å²) in [6, 6.07) is 2.65. The first-order chi connectivity index (χ1) is 19.9. The molecule has 2 unspecified atom stereocenters. The normalized spacial score (nSPS) is 31.8. The van der Waals surface area contributed by atoms with Crippen LogP contribution in [-0.4, -0.2) is 83.1 Å². The van der Waals surface area contributed by atoms with Crippen LogP contribution in [0.2, 0.25) is 5.02 Å². The second-order valence-corrected chi connectivity index (χ2v) is 12.4. The Morgan fingerprint density at radius 1 is 1.22 bits per heavy atom. The van der Waals surface area contributed by atoms with Gasteiger partial charge in [0, 0.05) is 56.3 Å². The van der Waals surface area contributed by atoms with Gasteiger partial charge in [-0.1, -0.05) is 11.6 Å². The first kappa shape index (κ1) is 26.1. The zero-order chi connectivity index (χ0) is 29.4. The molecule has 5 fully saturated rings. The van der Waals surface area contributed by atoms with E-state index in [2.05, 4.69) is 10.2 Å². The lowest BCUT2D eigenvalue weighted by Gasteiger charge is -2.47. The SMILES string of the molecule is [2H][C@]1(F)CN2CCC[C@@]2(COc2nc3c(c(N4CC5CCC4CN5)n2)CCN(c2cc(O)cc(Cl)c2C(F)(F)F)C3)C1. The summed E-state index contributed by atoms with van der Waals surface area (Å²) in [5, 5.41) is 13.1. The predicted octanol–water partition coefficient (Wildman–Crippen LogP) is 4.31. The van der Waals surface area contributed by atoms with Crippen LogP contribution in [-0.2, 0) is 19.1 Å². The van der Waals surface area contributed by atoms with Gasteiger partial charge in [0.25, 0.3) is 0 Å². The fourth-order valence-electron chi connectivity index (χ4n) is 7.45. The van der Waals surface area contributed by atoms with Gasteiger partial charge in [-0.15, -0.1) is 0 Å². The standard InChI is InChI=1S/C28H33ClF4N6O2/c29-21-8-19(40)9-23(24(21)28(31,32)33)37-7-4-20-22(14-37)35-26(36-25(20)39-13-17-2-3-18(39)11-34-17)41-15-27-5-1-6-38(27)12-16(30)10-27/h8-9,16-18,34,40H,1-7,10-15H2/t16-,17?,18?,27+/m1/s1/i16D. The van der Waals surface area contributed by atoms with Crippen molar-refractivity contribution in [3.05, 3.63) is 34.0 Å².